The summed E-state index contributed by atoms with van der Waals surface area (Å²) >= 11 is 0. The fourth-order valence-electron chi connectivity index (χ4n) is 3.02. The largest absolute Gasteiger partial charge is 0.383 e. The topological polar surface area (TPSA) is 63.8 Å². The number of nitrogens with zero attached hydrogens (tertiary/aromatic N) is 2. The van der Waals surface area contributed by atoms with E-state index in [1.54, 1.807) is 6.33 Å². The van der Waals surface area contributed by atoms with Crippen LogP contribution < -0.4 is 11.1 Å². The van der Waals surface area contributed by atoms with E-state index in [1.807, 2.05) is 0 Å². The van der Waals surface area contributed by atoms with Gasteiger partial charge < -0.3 is 11.1 Å². The van der Waals surface area contributed by atoms with E-state index in [2.05, 4.69) is 43.0 Å². The number of aromatic nitrogens is 2. The van der Waals surface area contributed by atoms with Gasteiger partial charge in [-0.05, 0) is 24.2 Å². The lowest BCUT2D eigenvalue weighted by atomic mass is 9.73. The van der Waals surface area contributed by atoms with Crippen LogP contribution in [0.25, 0.3) is 0 Å². The van der Waals surface area contributed by atoms with Crippen molar-refractivity contribution in [2.75, 3.05) is 11.1 Å². The molecule has 1 aromatic rings. The molecular formula is C15H26N4. The van der Waals surface area contributed by atoms with Gasteiger partial charge in [-0.25, -0.2) is 9.97 Å². The fourth-order valence-corrected chi connectivity index (χ4v) is 3.02. The number of hydrogen-bond donors (Lipinski definition) is 2. The predicted octanol–water partition coefficient (Wildman–Crippen LogP) is 3.56. The van der Waals surface area contributed by atoms with Crippen molar-refractivity contribution in [3.8, 4) is 0 Å². The van der Waals surface area contributed by atoms with Crippen molar-refractivity contribution < 1.29 is 0 Å². The van der Waals surface area contributed by atoms with Gasteiger partial charge in [0.05, 0.1) is 0 Å². The Balaban J connectivity index is 2.26. The highest BCUT2D eigenvalue weighted by Crippen LogP contribution is 2.38. The number of rotatable bonds is 3. The van der Waals surface area contributed by atoms with Crippen LogP contribution in [0.5, 0.6) is 0 Å². The van der Waals surface area contributed by atoms with E-state index in [0.717, 1.165) is 11.4 Å². The first-order chi connectivity index (χ1) is 8.92. The Bertz CT molecular complexity index is 440. The predicted molar refractivity (Wildman–Crippen MR) is 80.2 cm³/mol. The third-order valence-corrected chi connectivity index (χ3v) is 4.31. The molecule has 1 saturated carbocycles. The van der Waals surface area contributed by atoms with Gasteiger partial charge in [-0.2, -0.15) is 0 Å². The van der Waals surface area contributed by atoms with Crippen LogP contribution >= 0.6 is 0 Å². The molecule has 1 heterocycles. The minimum absolute atomic E-state index is 0.312. The van der Waals surface area contributed by atoms with Crippen LogP contribution in [-0.2, 0) is 0 Å². The molecule has 19 heavy (non-hydrogen) atoms. The third-order valence-electron chi connectivity index (χ3n) is 4.31. The maximum absolute atomic E-state index is 6.00. The standard InChI is InChI=1S/C15H26N4/c1-10(2)12-13(16)17-9-18-14(12)19-11-7-5-6-8-15(11,3)4/h9-11H,5-8H2,1-4H3,(H3,16,17,18,19). The summed E-state index contributed by atoms with van der Waals surface area (Å²) in [6.07, 6.45) is 6.64. The Morgan fingerprint density at radius 2 is 2.05 bits per heavy atom. The maximum atomic E-state index is 6.00. The normalized spacial score (nSPS) is 22.5. The van der Waals surface area contributed by atoms with E-state index in [4.69, 9.17) is 5.73 Å². The molecule has 4 heteroatoms. The summed E-state index contributed by atoms with van der Waals surface area (Å²) in [5, 5.41) is 3.63. The molecule has 4 nitrogen and oxygen atoms in total. The van der Waals surface area contributed by atoms with E-state index in [-0.39, 0.29) is 0 Å². The molecule has 0 radical (unpaired) electrons. The third kappa shape index (κ3) is 2.99. The van der Waals surface area contributed by atoms with Crippen LogP contribution in [0.4, 0.5) is 11.6 Å². The molecule has 1 atom stereocenters. The number of nitrogen functional groups attached to an aromatic ring is 1. The van der Waals surface area contributed by atoms with Crippen molar-refractivity contribution in [1.29, 1.82) is 0 Å². The number of nitrogens with one attached hydrogen (secondary N) is 1. The van der Waals surface area contributed by atoms with Crippen molar-refractivity contribution in [2.45, 2.75) is 65.3 Å². The lowest BCUT2D eigenvalue weighted by Gasteiger charge is -2.39. The summed E-state index contributed by atoms with van der Waals surface area (Å²) in [6.45, 7) is 8.94. The average Bonchev–Trinajstić information content (AvgIpc) is 2.31. The molecular weight excluding hydrogens is 236 g/mol. The molecule has 1 aliphatic carbocycles. The van der Waals surface area contributed by atoms with Crippen molar-refractivity contribution in [3.05, 3.63) is 11.9 Å². The van der Waals surface area contributed by atoms with Crippen LogP contribution in [0.3, 0.4) is 0 Å². The molecule has 1 aromatic heterocycles. The molecule has 0 spiro atoms. The van der Waals surface area contributed by atoms with Gasteiger partial charge in [-0.1, -0.05) is 40.5 Å². The molecule has 0 bridgehead atoms. The summed E-state index contributed by atoms with van der Waals surface area (Å²) in [5.74, 6) is 1.85. The SMILES string of the molecule is CC(C)c1c(N)ncnc1NC1CCCCC1(C)C. The van der Waals surface area contributed by atoms with E-state index in [0.29, 0.717) is 23.2 Å². The highest BCUT2D eigenvalue weighted by molar-refractivity contribution is 5.57. The summed E-state index contributed by atoms with van der Waals surface area (Å²) in [5.41, 5.74) is 7.36. The second-order valence-electron chi connectivity index (χ2n) is 6.61. The first kappa shape index (κ1) is 14.1. The fraction of sp³-hybridized carbons (Fsp3) is 0.733. The highest BCUT2D eigenvalue weighted by Gasteiger charge is 2.33. The van der Waals surface area contributed by atoms with Crippen LogP contribution in [-0.4, -0.2) is 16.0 Å². The summed E-state index contributed by atoms with van der Waals surface area (Å²) in [7, 11) is 0. The van der Waals surface area contributed by atoms with Crippen molar-refractivity contribution in [1.82, 2.24) is 9.97 Å². The molecule has 3 N–H and O–H groups in total. The van der Waals surface area contributed by atoms with Gasteiger partial charge in [0, 0.05) is 11.6 Å². The first-order valence-electron chi connectivity index (χ1n) is 7.28. The van der Waals surface area contributed by atoms with Gasteiger partial charge in [-0.15, -0.1) is 0 Å². The van der Waals surface area contributed by atoms with E-state index in [9.17, 15) is 0 Å². The van der Waals surface area contributed by atoms with Gasteiger partial charge in [0.2, 0.25) is 0 Å². The number of hydrogen-bond acceptors (Lipinski definition) is 4. The zero-order valence-electron chi connectivity index (χ0n) is 12.5. The van der Waals surface area contributed by atoms with Crippen molar-refractivity contribution >= 4 is 11.6 Å². The molecule has 106 valence electrons. The lowest BCUT2D eigenvalue weighted by Crippen LogP contribution is -2.39. The number of anilines is 2. The minimum atomic E-state index is 0.312. The molecule has 1 fully saturated rings. The van der Waals surface area contributed by atoms with Gasteiger partial charge in [-0.3, -0.25) is 0 Å². The van der Waals surface area contributed by atoms with Crippen LogP contribution in [0.2, 0.25) is 0 Å². The first-order valence-corrected chi connectivity index (χ1v) is 7.28. The highest BCUT2D eigenvalue weighted by atomic mass is 15.1. The quantitative estimate of drug-likeness (QED) is 0.874. The van der Waals surface area contributed by atoms with Crippen LogP contribution in [0.1, 0.15) is 64.9 Å². The van der Waals surface area contributed by atoms with Gasteiger partial charge in [0.15, 0.2) is 0 Å². The summed E-state index contributed by atoms with van der Waals surface area (Å²) in [4.78, 5) is 8.54. The molecule has 0 saturated heterocycles. The Kier molecular flexibility index (Phi) is 3.97. The number of nitrogens with two attached hydrogens (primary N) is 1. The molecule has 2 rings (SSSR count). The summed E-state index contributed by atoms with van der Waals surface area (Å²) < 4.78 is 0. The van der Waals surface area contributed by atoms with Gasteiger partial charge in [0.1, 0.15) is 18.0 Å². The monoisotopic (exact) mass is 262 g/mol. The Labute approximate surface area is 116 Å². The second-order valence-corrected chi connectivity index (χ2v) is 6.61. The van der Waals surface area contributed by atoms with Crippen LogP contribution in [0.15, 0.2) is 6.33 Å². The minimum Gasteiger partial charge on any atom is -0.383 e. The molecule has 0 aliphatic heterocycles. The maximum Gasteiger partial charge on any atom is 0.135 e. The van der Waals surface area contributed by atoms with Gasteiger partial charge in [0.25, 0.3) is 0 Å². The Hall–Kier alpha value is -1.32. The molecule has 1 unspecified atom stereocenters. The smallest absolute Gasteiger partial charge is 0.135 e. The van der Waals surface area contributed by atoms with Crippen molar-refractivity contribution in [3.63, 3.8) is 0 Å². The van der Waals surface area contributed by atoms with E-state index >= 15 is 0 Å². The molecule has 0 aromatic carbocycles. The lowest BCUT2D eigenvalue weighted by molar-refractivity contribution is 0.216. The zero-order chi connectivity index (χ0) is 14.0. The molecule has 1 aliphatic rings. The van der Waals surface area contributed by atoms with E-state index in [1.165, 1.54) is 25.7 Å². The summed E-state index contributed by atoms with van der Waals surface area (Å²) in [6, 6.07) is 0.466. The Morgan fingerprint density at radius 3 is 2.68 bits per heavy atom. The van der Waals surface area contributed by atoms with Gasteiger partial charge >= 0.3 is 0 Å². The molecule has 0 amide bonds. The Morgan fingerprint density at radius 1 is 1.32 bits per heavy atom. The average molecular weight is 262 g/mol. The van der Waals surface area contributed by atoms with Crippen molar-refractivity contribution in [2.24, 2.45) is 5.41 Å². The second kappa shape index (κ2) is 5.35. The zero-order valence-corrected chi connectivity index (χ0v) is 12.5. The van der Waals surface area contributed by atoms with E-state index < -0.39 is 0 Å². The van der Waals surface area contributed by atoms with Crippen LogP contribution in [0, 0.1) is 5.41 Å².